The van der Waals surface area contributed by atoms with Crippen LogP contribution in [0.2, 0.25) is 0 Å². The van der Waals surface area contributed by atoms with Gasteiger partial charge in [0.05, 0.1) is 12.5 Å². The first kappa shape index (κ1) is 13.4. The molecule has 0 spiro atoms. The lowest BCUT2D eigenvalue weighted by molar-refractivity contribution is -0.126. The van der Waals surface area contributed by atoms with Crippen LogP contribution in [0, 0.1) is 11.8 Å². The maximum absolute atomic E-state index is 11.7. The van der Waals surface area contributed by atoms with Crippen LogP contribution in [0.25, 0.3) is 0 Å². The zero-order chi connectivity index (χ0) is 11.1. The second kappa shape index (κ2) is 6.79. The number of hydrogen-bond donors (Lipinski definition) is 2. The largest absolute Gasteiger partial charge is 0.383 e. The average Bonchev–Trinajstić information content (AvgIpc) is 2.04. The van der Waals surface area contributed by atoms with Crippen molar-refractivity contribution in [3.05, 3.63) is 0 Å². The van der Waals surface area contributed by atoms with Crippen molar-refractivity contribution in [1.29, 1.82) is 0 Å². The van der Waals surface area contributed by atoms with E-state index in [-0.39, 0.29) is 23.8 Å². The minimum atomic E-state index is -0.102. The summed E-state index contributed by atoms with van der Waals surface area (Å²) in [5.74, 6) is 0.191. The molecule has 0 radical (unpaired) electrons. The third kappa shape index (κ3) is 4.58. The van der Waals surface area contributed by atoms with Crippen molar-refractivity contribution in [2.75, 3.05) is 20.3 Å². The van der Waals surface area contributed by atoms with Gasteiger partial charge in [-0.15, -0.1) is 0 Å². The lowest BCUT2D eigenvalue weighted by Gasteiger charge is -2.21. The summed E-state index contributed by atoms with van der Waals surface area (Å²) in [6, 6.07) is 0.0419. The fraction of sp³-hybridized carbons (Fsp3) is 0.900. The number of carbonyl (C=O) groups is 1. The molecule has 0 aromatic carbocycles. The van der Waals surface area contributed by atoms with Crippen LogP contribution < -0.4 is 11.1 Å². The number of methoxy groups -OCH3 is 1. The molecule has 0 aliphatic carbocycles. The molecule has 0 aromatic heterocycles. The molecule has 0 saturated heterocycles. The zero-order valence-electron chi connectivity index (χ0n) is 9.54. The van der Waals surface area contributed by atoms with Gasteiger partial charge in [-0.05, 0) is 12.8 Å². The van der Waals surface area contributed by atoms with E-state index in [1.54, 1.807) is 7.11 Å². The number of carbonyl (C=O) groups excluding carboxylic acids is 1. The van der Waals surface area contributed by atoms with Gasteiger partial charge in [-0.3, -0.25) is 4.79 Å². The fourth-order valence-electron chi connectivity index (χ4n) is 1.32. The smallest absolute Gasteiger partial charge is 0.224 e. The minimum Gasteiger partial charge on any atom is -0.383 e. The molecule has 0 aromatic rings. The van der Waals surface area contributed by atoms with Gasteiger partial charge in [0.1, 0.15) is 0 Å². The van der Waals surface area contributed by atoms with Gasteiger partial charge in [0.2, 0.25) is 5.91 Å². The molecule has 3 N–H and O–H groups in total. The van der Waals surface area contributed by atoms with Crippen molar-refractivity contribution in [1.82, 2.24) is 5.32 Å². The van der Waals surface area contributed by atoms with Gasteiger partial charge < -0.3 is 15.8 Å². The molecule has 1 amide bonds. The van der Waals surface area contributed by atoms with Gasteiger partial charge in [0.15, 0.2) is 0 Å². The highest BCUT2D eigenvalue weighted by Gasteiger charge is 2.21. The van der Waals surface area contributed by atoms with Gasteiger partial charge in [-0.1, -0.05) is 13.8 Å². The molecule has 0 fully saturated rings. The average molecular weight is 202 g/mol. The summed E-state index contributed by atoms with van der Waals surface area (Å²) < 4.78 is 4.93. The Morgan fingerprint density at radius 2 is 2.00 bits per heavy atom. The van der Waals surface area contributed by atoms with Crippen LogP contribution in [0.3, 0.4) is 0 Å². The summed E-state index contributed by atoms with van der Waals surface area (Å²) in [4.78, 5) is 11.7. The van der Waals surface area contributed by atoms with Crippen molar-refractivity contribution in [2.24, 2.45) is 17.6 Å². The Kier molecular flexibility index (Phi) is 6.49. The Labute approximate surface area is 86.2 Å². The Morgan fingerprint density at radius 1 is 1.43 bits per heavy atom. The van der Waals surface area contributed by atoms with E-state index in [9.17, 15) is 4.79 Å². The fourth-order valence-corrected chi connectivity index (χ4v) is 1.32. The standard InChI is InChI=1S/C10H22N2O2/c1-7(2)9(5-11)10(13)12-8(3)6-14-4/h7-9H,5-6,11H2,1-4H3,(H,12,13). The van der Waals surface area contributed by atoms with Crippen LogP contribution in [-0.4, -0.2) is 32.2 Å². The van der Waals surface area contributed by atoms with Crippen LogP contribution in [0.15, 0.2) is 0 Å². The number of hydrogen-bond acceptors (Lipinski definition) is 3. The van der Waals surface area contributed by atoms with Crippen LogP contribution in [0.4, 0.5) is 0 Å². The van der Waals surface area contributed by atoms with Crippen LogP contribution in [-0.2, 0) is 9.53 Å². The molecule has 0 bridgehead atoms. The zero-order valence-corrected chi connectivity index (χ0v) is 9.54. The van der Waals surface area contributed by atoms with Gasteiger partial charge in [-0.25, -0.2) is 0 Å². The van der Waals surface area contributed by atoms with E-state index in [1.165, 1.54) is 0 Å². The molecule has 2 atom stereocenters. The number of nitrogens with one attached hydrogen (secondary N) is 1. The third-order valence-corrected chi connectivity index (χ3v) is 2.20. The van der Waals surface area contributed by atoms with Gasteiger partial charge in [-0.2, -0.15) is 0 Å². The highest BCUT2D eigenvalue weighted by atomic mass is 16.5. The van der Waals surface area contributed by atoms with Crippen molar-refractivity contribution >= 4 is 5.91 Å². The highest BCUT2D eigenvalue weighted by Crippen LogP contribution is 2.09. The Morgan fingerprint density at radius 3 is 2.36 bits per heavy atom. The minimum absolute atomic E-state index is 0.0204. The summed E-state index contributed by atoms with van der Waals surface area (Å²) in [6.45, 7) is 6.83. The molecule has 4 heteroatoms. The molecule has 0 aliphatic heterocycles. The van der Waals surface area contributed by atoms with E-state index < -0.39 is 0 Å². The van der Waals surface area contributed by atoms with Gasteiger partial charge in [0.25, 0.3) is 0 Å². The predicted octanol–water partition coefficient (Wildman–Crippen LogP) is 0.368. The van der Waals surface area contributed by atoms with Crippen molar-refractivity contribution in [2.45, 2.75) is 26.8 Å². The normalized spacial score (nSPS) is 15.3. The lowest BCUT2D eigenvalue weighted by Crippen LogP contribution is -2.43. The molecule has 84 valence electrons. The maximum Gasteiger partial charge on any atom is 0.224 e. The summed E-state index contributed by atoms with van der Waals surface area (Å²) in [6.07, 6.45) is 0. The van der Waals surface area contributed by atoms with Crippen molar-refractivity contribution < 1.29 is 9.53 Å². The molecule has 0 aliphatic rings. The van der Waals surface area contributed by atoms with Gasteiger partial charge in [0, 0.05) is 19.7 Å². The Hall–Kier alpha value is -0.610. The SMILES string of the molecule is COCC(C)NC(=O)C(CN)C(C)C. The molecule has 0 saturated carbocycles. The van der Waals surface area contributed by atoms with Crippen LogP contribution in [0.1, 0.15) is 20.8 Å². The quantitative estimate of drug-likeness (QED) is 0.654. The second-order valence-corrected chi connectivity index (χ2v) is 3.95. The van der Waals surface area contributed by atoms with E-state index in [2.05, 4.69) is 5.32 Å². The summed E-state index contributed by atoms with van der Waals surface area (Å²) >= 11 is 0. The van der Waals surface area contributed by atoms with Gasteiger partial charge >= 0.3 is 0 Å². The first-order chi connectivity index (χ1) is 6.52. The molecular weight excluding hydrogens is 180 g/mol. The van der Waals surface area contributed by atoms with E-state index in [0.29, 0.717) is 13.2 Å². The summed E-state index contributed by atoms with van der Waals surface area (Å²) in [7, 11) is 1.62. The second-order valence-electron chi connectivity index (χ2n) is 3.95. The molecule has 4 nitrogen and oxygen atoms in total. The molecule has 14 heavy (non-hydrogen) atoms. The van der Waals surface area contributed by atoms with E-state index >= 15 is 0 Å². The molecular formula is C10H22N2O2. The first-order valence-electron chi connectivity index (χ1n) is 5.02. The lowest BCUT2D eigenvalue weighted by atomic mass is 9.95. The summed E-state index contributed by atoms with van der Waals surface area (Å²) in [5.41, 5.74) is 5.53. The predicted molar refractivity (Wildman–Crippen MR) is 56.9 cm³/mol. The van der Waals surface area contributed by atoms with Crippen molar-refractivity contribution in [3.63, 3.8) is 0 Å². The Balaban J connectivity index is 4.04. The number of ether oxygens (including phenoxy) is 1. The van der Waals surface area contributed by atoms with Crippen LogP contribution >= 0.6 is 0 Å². The maximum atomic E-state index is 11.7. The Bertz CT molecular complexity index is 172. The van der Waals surface area contributed by atoms with Crippen LogP contribution in [0.5, 0.6) is 0 Å². The first-order valence-corrected chi connectivity index (χ1v) is 5.02. The number of nitrogens with two attached hydrogens (primary N) is 1. The molecule has 0 heterocycles. The monoisotopic (exact) mass is 202 g/mol. The highest BCUT2D eigenvalue weighted by molar-refractivity contribution is 5.79. The number of amides is 1. The number of rotatable bonds is 6. The van der Waals surface area contributed by atoms with E-state index in [4.69, 9.17) is 10.5 Å². The molecule has 0 rings (SSSR count). The van der Waals surface area contributed by atoms with Crippen molar-refractivity contribution in [3.8, 4) is 0 Å². The van der Waals surface area contributed by atoms with E-state index in [0.717, 1.165) is 0 Å². The topological polar surface area (TPSA) is 64.3 Å². The third-order valence-electron chi connectivity index (χ3n) is 2.20. The molecule has 2 unspecified atom stereocenters. The van der Waals surface area contributed by atoms with E-state index in [1.807, 2.05) is 20.8 Å². The summed E-state index contributed by atoms with van der Waals surface area (Å²) in [5, 5.41) is 2.87.